The number of nitrogens with one attached hydrogen (secondary N) is 1. The van der Waals surface area contributed by atoms with Gasteiger partial charge >= 0.3 is 0 Å². The van der Waals surface area contributed by atoms with E-state index in [1.165, 1.54) is 0 Å². The van der Waals surface area contributed by atoms with Gasteiger partial charge < -0.3 is 19.9 Å². The summed E-state index contributed by atoms with van der Waals surface area (Å²) in [5.74, 6) is 1.13. The van der Waals surface area contributed by atoms with Crippen LogP contribution in [-0.2, 0) is 6.54 Å². The van der Waals surface area contributed by atoms with Gasteiger partial charge in [0, 0.05) is 25.5 Å². The van der Waals surface area contributed by atoms with Crippen molar-refractivity contribution in [2.75, 3.05) is 19.8 Å². The summed E-state index contributed by atoms with van der Waals surface area (Å²) in [4.78, 5) is 3.97. The van der Waals surface area contributed by atoms with Gasteiger partial charge in [0.25, 0.3) is 0 Å². The van der Waals surface area contributed by atoms with E-state index >= 15 is 0 Å². The second-order valence-electron chi connectivity index (χ2n) is 5.03. The Morgan fingerprint density at radius 2 is 2.00 bits per heavy atom. The van der Waals surface area contributed by atoms with Crippen LogP contribution in [0.3, 0.4) is 0 Å². The molecule has 2 N–H and O–H groups in total. The number of aliphatic hydroxyl groups is 1. The maximum atomic E-state index is 10.3. The Balaban J connectivity index is 1.62. The second kappa shape index (κ2) is 6.96. The molecule has 0 fully saturated rings. The first-order chi connectivity index (χ1) is 10.7. The monoisotopic (exact) mass is 320 g/mol. The van der Waals surface area contributed by atoms with Crippen molar-refractivity contribution in [2.24, 2.45) is 0 Å². The number of hydrogen-bond acceptors (Lipinski definition) is 5. The molecule has 22 heavy (non-hydrogen) atoms. The molecule has 2 heterocycles. The predicted octanol–water partition coefficient (Wildman–Crippen LogP) is 2.33. The average Bonchev–Trinajstić information content (AvgIpc) is 2.56. The van der Waals surface area contributed by atoms with Crippen LogP contribution in [0.15, 0.2) is 36.7 Å². The number of nitrogens with zero attached hydrogens (tertiary/aromatic N) is 1. The van der Waals surface area contributed by atoms with Crippen LogP contribution in [-0.4, -0.2) is 29.8 Å². The van der Waals surface area contributed by atoms with Gasteiger partial charge in [0.2, 0.25) is 0 Å². The largest absolute Gasteiger partial charge is 0.486 e. The SMILES string of the molecule is OC(CNCc1ccncc1)c1cc(Cl)c2c(c1)OCCO2. The lowest BCUT2D eigenvalue weighted by atomic mass is 10.1. The summed E-state index contributed by atoms with van der Waals surface area (Å²) in [5, 5.41) is 14.0. The number of benzene rings is 1. The highest BCUT2D eigenvalue weighted by molar-refractivity contribution is 6.32. The van der Waals surface area contributed by atoms with Crippen LogP contribution < -0.4 is 14.8 Å². The number of halogens is 1. The number of rotatable bonds is 5. The highest BCUT2D eigenvalue weighted by Crippen LogP contribution is 2.39. The Bertz CT molecular complexity index is 637. The maximum Gasteiger partial charge on any atom is 0.179 e. The number of aliphatic hydroxyl groups excluding tert-OH is 1. The van der Waals surface area contributed by atoms with Crippen molar-refractivity contribution >= 4 is 11.6 Å². The summed E-state index contributed by atoms with van der Waals surface area (Å²) in [6.07, 6.45) is 2.82. The fraction of sp³-hybridized carbons (Fsp3) is 0.312. The predicted molar refractivity (Wildman–Crippen MR) is 83.3 cm³/mol. The normalized spacial score (nSPS) is 14.6. The van der Waals surface area contributed by atoms with E-state index in [2.05, 4.69) is 10.3 Å². The molecule has 5 nitrogen and oxygen atoms in total. The van der Waals surface area contributed by atoms with E-state index < -0.39 is 6.10 Å². The van der Waals surface area contributed by atoms with Gasteiger partial charge in [-0.2, -0.15) is 0 Å². The van der Waals surface area contributed by atoms with Crippen molar-refractivity contribution in [3.8, 4) is 11.5 Å². The smallest absolute Gasteiger partial charge is 0.179 e. The lowest BCUT2D eigenvalue weighted by molar-refractivity contribution is 0.163. The van der Waals surface area contributed by atoms with E-state index in [0.717, 1.165) is 5.56 Å². The number of hydrogen-bond donors (Lipinski definition) is 2. The van der Waals surface area contributed by atoms with E-state index in [4.69, 9.17) is 21.1 Å². The van der Waals surface area contributed by atoms with E-state index in [-0.39, 0.29) is 0 Å². The van der Waals surface area contributed by atoms with Crippen molar-refractivity contribution in [3.05, 3.63) is 52.8 Å². The van der Waals surface area contributed by atoms with E-state index in [0.29, 0.717) is 48.4 Å². The molecule has 1 aromatic heterocycles. The first-order valence-corrected chi connectivity index (χ1v) is 7.48. The molecule has 0 bridgehead atoms. The number of aromatic nitrogens is 1. The topological polar surface area (TPSA) is 63.6 Å². The van der Waals surface area contributed by atoms with E-state index in [1.807, 2.05) is 12.1 Å². The number of ether oxygens (including phenoxy) is 2. The Labute approximate surface area is 133 Å². The third kappa shape index (κ3) is 3.50. The molecular weight excluding hydrogens is 304 g/mol. The zero-order valence-corrected chi connectivity index (χ0v) is 12.7. The fourth-order valence-corrected chi connectivity index (χ4v) is 2.57. The van der Waals surface area contributed by atoms with Crippen LogP contribution in [0.1, 0.15) is 17.2 Å². The zero-order chi connectivity index (χ0) is 15.4. The minimum atomic E-state index is -0.671. The van der Waals surface area contributed by atoms with Crippen molar-refractivity contribution in [3.63, 3.8) is 0 Å². The first kappa shape index (κ1) is 15.1. The van der Waals surface area contributed by atoms with Gasteiger partial charge in [-0.3, -0.25) is 4.98 Å². The molecule has 0 radical (unpaired) electrons. The Morgan fingerprint density at radius 1 is 1.23 bits per heavy atom. The van der Waals surface area contributed by atoms with Gasteiger partial charge in [-0.1, -0.05) is 11.6 Å². The van der Waals surface area contributed by atoms with E-state index in [9.17, 15) is 5.11 Å². The highest BCUT2D eigenvalue weighted by atomic mass is 35.5. The lowest BCUT2D eigenvalue weighted by Crippen LogP contribution is -2.21. The summed E-state index contributed by atoms with van der Waals surface area (Å²) < 4.78 is 11.0. The molecule has 0 saturated heterocycles. The minimum absolute atomic E-state index is 0.415. The molecule has 1 unspecified atom stereocenters. The van der Waals surface area contributed by atoms with Gasteiger partial charge in [-0.25, -0.2) is 0 Å². The van der Waals surface area contributed by atoms with Crippen LogP contribution >= 0.6 is 11.6 Å². The van der Waals surface area contributed by atoms with Crippen molar-refractivity contribution in [2.45, 2.75) is 12.6 Å². The average molecular weight is 321 g/mol. The standard InChI is InChI=1S/C16H17ClN2O3/c17-13-7-12(8-15-16(13)22-6-5-21-15)14(20)10-19-9-11-1-3-18-4-2-11/h1-4,7-8,14,19-20H,5-6,9-10H2. The molecule has 0 saturated carbocycles. The van der Waals surface area contributed by atoms with Crippen molar-refractivity contribution in [1.82, 2.24) is 10.3 Å². The molecule has 1 aromatic carbocycles. The summed E-state index contributed by atoms with van der Waals surface area (Å²) in [7, 11) is 0. The Kier molecular flexibility index (Phi) is 4.77. The van der Waals surface area contributed by atoms with Gasteiger partial charge in [0.15, 0.2) is 11.5 Å². The second-order valence-corrected chi connectivity index (χ2v) is 5.44. The van der Waals surface area contributed by atoms with Crippen LogP contribution in [0, 0.1) is 0 Å². The van der Waals surface area contributed by atoms with Crippen LogP contribution in [0.4, 0.5) is 0 Å². The molecule has 116 valence electrons. The number of fused-ring (bicyclic) bond motifs is 1. The Morgan fingerprint density at radius 3 is 2.82 bits per heavy atom. The zero-order valence-electron chi connectivity index (χ0n) is 12.0. The molecule has 3 rings (SSSR count). The van der Waals surface area contributed by atoms with Gasteiger partial charge in [0.05, 0.1) is 11.1 Å². The highest BCUT2D eigenvalue weighted by Gasteiger charge is 2.19. The summed E-state index contributed by atoms with van der Waals surface area (Å²) in [6.45, 7) is 2.06. The van der Waals surface area contributed by atoms with Gasteiger partial charge in [-0.05, 0) is 35.4 Å². The quantitative estimate of drug-likeness (QED) is 0.885. The van der Waals surface area contributed by atoms with Gasteiger partial charge in [0.1, 0.15) is 13.2 Å². The van der Waals surface area contributed by atoms with Crippen LogP contribution in [0.5, 0.6) is 11.5 Å². The molecule has 1 aliphatic heterocycles. The summed E-state index contributed by atoms with van der Waals surface area (Å²) in [5.41, 5.74) is 1.82. The number of pyridine rings is 1. The summed E-state index contributed by atoms with van der Waals surface area (Å²) >= 11 is 6.18. The third-order valence-corrected chi connectivity index (χ3v) is 3.70. The molecule has 6 heteroatoms. The minimum Gasteiger partial charge on any atom is -0.486 e. The molecular formula is C16H17ClN2O3. The Hall–Kier alpha value is -1.82. The summed E-state index contributed by atoms with van der Waals surface area (Å²) in [6, 6.07) is 7.35. The first-order valence-electron chi connectivity index (χ1n) is 7.11. The van der Waals surface area contributed by atoms with E-state index in [1.54, 1.807) is 24.5 Å². The maximum absolute atomic E-state index is 10.3. The molecule has 0 spiro atoms. The molecule has 0 aliphatic carbocycles. The van der Waals surface area contributed by atoms with Crippen LogP contribution in [0.2, 0.25) is 5.02 Å². The van der Waals surface area contributed by atoms with Crippen molar-refractivity contribution < 1.29 is 14.6 Å². The van der Waals surface area contributed by atoms with Crippen LogP contribution in [0.25, 0.3) is 0 Å². The fourth-order valence-electron chi connectivity index (χ4n) is 2.29. The third-order valence-electron chi connectivity index (χ3n) is 3.42. The molecule has 1 atom stereocenters. The van der Waals surface area contributed by atoms with Gasteiger partial charge in [-0.15, -0.1) is 0 Å². The lowest BCUT2D eigenvalue weighted by Gasteiger charge is -2.21. The molecule has 2 aromatic rings. The van der Waals surface area contributed by atoms with Crippen molar-refractivity contribution in [1.29, 1.82) is 0 Å². The molecule has 0 amide bonds. The molecule has 1 aliphatic rings.